The molecule has 1 fully saturated rings. The third kappa shape index (κ3) is 3.48. The van der Waals surface area contributed by atoms with Crippen LogP contribution in [0.1, 0.15) is 39.5 Å². The molecule has 0 saturated heterocycles. The Kier molecular flexibility index (Phi) is 5.21. The van der Waals surface area contributed by atoms with Gasteiger partial charge in [-0.05, 0) is 37.8 Å². The van der Waals surface area contributed by atoms with Crippen LogP contribution in [0.4, 0.5) is 4.39 Å². The quantitative estimate of drug-likeness (QED) is 0.925. The predicted molar refractivity (Wildman–Crippen MR) is 82.6 cm³/mol. The molecule has 3 atom stereocenters. The lowest BCUT2D eigenvalue weighted by Crippen LogP contribution is -2.47. The molecule has 1 aromatic rings. The van der Waals surface area contributed by atoms with Crippen molar-refractivity contribution in [2.45, 2.75) is 55.7 Å². The second-order valence-corrected chi connectivity index (χ2v) is 8.23. The van der Waals surface area contributed by atoms with E-state index in [-0.39, 0.29) is 6.04 Å². The summed E-state index contributed by atoms with van der Waals surface area (Å²) >= 11 is 0. The maximum atomic E-state index is 13.7. The smallest absolute Gasteiger partial charge is 0.238 e. The summed E-state index contributed by atoms with van der Waals surface area (Å²) in [7, 11) is -4.02. The Labute approximate surface area is 131 Å². The summed E-state index contributed by atoms with van der Waals surface area (Å²) in [5, 5.41) is 1.52. The van der Waals surface area contributed by atoms with Gasteiger partial charge >= 0.3 is 0 Å². The van der Waals surface area contributed by atoms with E-state index in [2.05, 4.69) is 12.2 Å². The molecule has 22 heavy (non-hydrogen) atoms. The number of hydrogen-bond acceptors (Lipinski definition) is 3. The minimum Gasteiger partial charge on any atom is -0.352 e. The highest BCUT2D eigenvalue weighted by Crippen LogP contribution is 2.25. The third-order valence-corrected chi connectivity index (χ3v) is 6.51. The molecule has 2 rings (SSSR count). The molecule has 0 aromatic heterocycles. The number of carbonyl (C=O) groups excluding carboxylic acids is 1. The first-order valence-corrected chi connectivity index (χ1v) is 9.17. The molecular formula is C16H22FNO3S. The zero-order valence-corrected chi connectivity index (χ0v) is 13.7. The Morgan fingerprint density at radius 2 is 1.91 bits per heavy atom. The van der Waals surface area contributed by atoms with Gasteiger partial charge in [0.25, 0.3) is 0 Å². The molecule has 3 unspecified atom stereocenters. The number of sulfone groups is 1. The molecule has 1 aromatic carbocycles. The number of benzene rings is 1. The molecule has 0 heterocycles. The van der Waals surface area contributed by atoms with Crippen molar-refractivity contribution in [3.05, 3.63) is 30.1 Å². The highest BCUT2D eigenvalue weighted by atomic mass is 32.2. The van der Waals surface area contributed by atoms with Gasteiger partial charge in [-0.25, -0.2) is 12.8 Å². The van der Waals surface area contributed by atoms with Crippen LogP contribution in [0.3, 0.4) is 0 Å². The molecule has 1 aliphatic carbocycles. The summed E-state index contributed by atoms with van der Waals surface area (Å²) in [5.41, 5.74) is 0. The molecule has 0 bridgehead atoms. The first-order valence-electron chi connectivity index (χ1n) is 7.63. The highest BCUT2D eigenvalue weighted by Gasteiger charge is 2.34. The summed E-state index contributed by atoms with van der Waals surface area (Å²) < 4.78 is 38.6. The fraction of sp³-hybridized carbons (Fsp3) is 0.562. The maximum absolute atomic E-state index is 13.7. The van der Waals surface area contributed by atoms with Crippen LogP contribution < -0.4 is 5.32 Å². The standard InChI is InChI=1S/C16H22FNO3S/c1-11-7-3-5-9-14(11)18-16(19)12(2)22(20,21)15-10-6-4-8-13(15)17/h4,6,8,10-12,14H,3,5,7,9H2,1-2H3,(H,18,19). The molecule has 0 radical (unpaired) electrons. The molecule has 0 aliphatic heterocycles. The van der Waals surface area contributed by atoms with Crippen molar-refractivity contribution in [3.63, 3.8) is 0 Å². The molecule has 1 amide bonds. The lowest BCUT2D eigenvalue weighted by Gasteiger charge is -2.30. The maximum Gasteiger partial charge on any atom is 0.238 e. The lowest BCUT2D eigenvalue weighted by molar-refractivity contribution is -0.121. The van der Waals surface area contributed by atoms with Crippen LogP contribution in [-0.2, 0) is 14.6 Å². The third-order valence-electron chi connectivity index (χ3n) is 4.42. The van der Waals surface area contributed by atoms with E-state index in [1.54, 1.807) is 0 Å². The molecule has 4 nitrogen and oxygen atoms in total. The Hall–Kier alpha value is -1.43. The van der Waals surface area contributed by atoms with Crippen LogP contribution in [0.15, 0.2) is 29.2 Å². The van der Waals surface area contributed by atoms with Crippen molar-refractivity contribution >= 4 is 15.7 Å². The Morgan fingerprint density at radius 1 is 1.27 bits per heavy atom. The first kappa shape index (κ1) is 16.9. The van der Waals surface area contributed by atoms with Gasteiger partial charge in [-0.3, -0.25) is 4.79 Å². The number of hydrogen-bond donors (Lipinski definition) is 1. The molecule has 1 aliphatic rings. The van der Waals surface area contributed by atoms with Gasteiger partial charge in [0.05, 0.1) is 0 Å². The molecule has 0 spiro atoms. The van der Waals surface area contributed by atoms with Crippen molar-refractivity contribution in [2.75, 3.05) is 0 Å². The predicted octanol–water partition coefficient (Wildman–Crippen LogP) is 2.68. The fourth-order valence-electron chi connectivity index (χ4n) is 2.84. The largest absolute Gasteiger partial charge is 0.352 e. The minimum atomic E-state index is -4.02. The van der Waals surface area contributed by atoms with Crippen molar-refractivity contribution in [1.29, 1.82) is 0 Å². The SMILES string of the molecule is CC1CCCCC1NC(=O)C(C)S(=O)(=O)c1ccccc1F. The van der Waals surface area contributed by atoms with Gasteiger partial charge in [0.1, 0.15) is 16.0 Å². The van der Waals surface area contributed by atoms with E-state index >= 15 is 0 Å². The number of rotatable bonds is 4. The van der Waals surface area contributed by atoms with Gasteiger partial charge < -0.3 is 5.32 Å². The number of amides is 1. The summed E-state index contributed by atoms with van der Waals surface area (Å²) in [6, 6.07) is 5.14. The fourth-order valence-corrected chi connectivity index (χ4v) is 4.18. The van der Waals surface area contributed by atoms with Gasteiger partial charge in [-0.1, -0.05) is 31.9 Å². The molecule has 1 saturated carbocycles. The van der Waals surface area contributed by atoms with E-state index in [0.29, 0.717) is 5.92 Å². The summed E-state index contributed by atoms with van der Waals surface area (Å²) in [6.45, 7) is 3.37. The second-order valence-electron chi connectivity index (χ2n) is 5.99. The monoisotopic (exact) mass is 327 g/mol. The van der Waals surface area contributed by atoms with Gasteiger partial charge in [0.2, 0.25) is 5.91 Å². The highest BCUT2D eigenvalue weighted by molar-refractivity contribution is 7.92. The first-order chi connectivity index (χ1) is 10.3. The van der Waals surface area contributed by atoms with Crippen molar-refractivity contribution in [1.82, 2.24) is 5.32 Å². The summed E-state index contributed by atoms with van der Waals surface area (Å²) in [4.78, 5) is 11.9. The molecule has 122 valence electrons. The number of halogens is 1. The van der Waals surface area contributed by atoms with Crippen molar-refractivity contribution in [2.24, 2.45) is 5.92 Å². The van der Waals surface area contributed by atoms with Gasteiger partial charge in [0, 0.05) is 6.04 Å². The van der Waals surface area contributed by atoms with Crippen LogP contribution in [0.25, 0.3) is 0 Å². The van der Waals surface area contributed by atoms with Gasteiger partial charge in [0.15, 0.2) is 9.84 Å². The van der Waals surface area contributed by atoms with Crippen LogP contribution in [0.2, 0.25) is 0 Å². The number of carbonyl (C=O) groups is 1. The summed E-state index contributed by atoms with van der Waals surface area (Å²) in [5.74, 6) is -1.05. The average molecular weight is 327 g/mol. The normalized spacial score (nSPS) is 23.8. The van der Waals surface area contributed by atoms with E-state index in [4.69, 9.17) is 0 Å². The van der Waals surface area contributed by atoms with Gasteiger partial charge in [-0.15, -0.1) is 0 Å². The zero-order chi connectivity index (χ0) is 16.3. The zero-order valence-electron chi connectivity index (χ0n) is 12.9. The number of nitrogens with one attached hydrogen (secondary N) is 1. The van der Waals surface area contributed by atoms with E-state index in [1.807, 2.05) is 0 Å². The van der Waals surface area contributed by atoms with Crippen LogP contribution in [0.5, 0.6) is 0 Å². The summed E-state index contributed by atoms with van der Waals surface area (Å²) in [6.07, 6.45) is 4.05. The average Bonchev–Trinajstić information content (AvgIpc) is 2.49. The van der Waals surface area contributed by atoms with E-state index in [0.717, 1.165) is 31.7 Å². The molecule has 1 N–H and O–H groups in total. The topological polar surface area (TPSA) is 63.2 Å². The lowest BCUT2D eigenvalue weighted by atomic mass is 9.86. The van der Waals surface area contributed by atoms with Crippen LogP contribution in [-0.4, -0.2) is 25.6 Å². The Morgan fingerprint density at radius 3 is 2.55 bits per heavy atom. The van der Waals surface area contributed by atoms with E-state index in [9.17, 15) is 17.6 Å². The van der Waals surface area contributed by atoms with Gasteiger partial charge in [-0.2, -0.15) is 0 Å². The van der Waals surface area contributed by atoms with Crippen molar-refractivity contribution < 1.29 is 17.6 Å². The van der Waals surface area contributed by atoms with Crippen molar-refractivity contribution in [3.8, 4) is 0 Å². The Bertz CT molecular complexity index is 645. The van der Waals surface area contributed by atoms with E-state index < -0.39 is 31.7 Å². The Balaban J connectivity index is 2.14. The molecule has 6 heteroatoms. The van der Waals surface area contributed by atoms with Crippen LogP contribution in [0, 0.1) is 11.7 Å². The van der Waals surface area contributed by atoms with E-state index in [1.165, 1.54) is 25.1 Å². The second kappa shape index (κ2) is 6.77. The van der Waals surface area contributed by atoms with Crippen LogP contribution >= 0.6 is 0 Å². The minimum absolute atomic E-state index is 0.000444. The molecular weight excluding hydrogens is 305 g/mol.